The summed E-state index contributed by atoms with van der Waals surface area (Å²) in [5.74, 6) is -0.604. The molecule has 0 aliphatic carbocycles. The molecule has 0 saturated carbocycles. The van der Waals surface area contributed by atoms with Gasteiger partial charge in [0.2, 0.25) is 5.91 Å². The maximum Gasteiger partial charge on any atom is 0.234 e. The summed E-state index contributed by atoms with van der Waals surface area (Å²) in [5.41, 5.74) is 0.941. The van der Waals surface area contributed by atoms with Crippen molar-refractivity contribution < 1.29 is 18.0 Å². The van der Waals surface area contributed by atoms with Gasteiger partial charge in [-0.3, -0.25) is 9.59 Å². The number of Topliss-reactive ketones (excluding diaryl/α,β-unsaturated/α-hetero) is 1. The molecule has 1 aromatic rings. The predicted molar refractivity (Wildman–Crippen MR) is 81.4 cm³/mol. The van der Waals surface area contributed by atoms with Crippen LogP contribution in [-0.4, -0.2) is 31.1 Å². The molecule has 1 aromatic carbocycles. The molecule has 114 valence electrons. The molecule has 0 fully saturated rings. The number of benzene rings is 1. The van der Waals surface area contributed by atoms with Crippen molar-refractivity contribution in [2.45, 2.75) is 37.9 Å². The first kappa shape index (κ1) is 15.7. The van der Waals surface area contributed by atoms with Gasteiger partial charge < -0.3 is 5.32 Å². The van der Waals surface area contributed by atoms with Gasteiger partial charge in [0.25, 0.3) is 0 Å². The fraction of sp³-hybridized carbons (Fsp3) is 0.467. The van der Waals surface area contributed by atoms with E-state index in [1.807, 2.05) is 0 Å². The fourth-order valence-corrected chi connectivity index (χ4v) is 2.68. The molecule has 6 heteroatoms. The molecule has 0 saturated heterocycles. The molecule has 0 radical (unpaired) electrons. The second kappa shape index (κ2) is 4.40. The van der Waals surface area contributed by atoms with Crippen LogP contribution in [0.4, 0.5) is 5.69 Å². The van der Waals surface area contributed by atoms with Gasteiger partial charge in [0.15, 0.2) is 15.6 Å². The van der Waals surface area contributed by atoms with Gasteiger partial charge in [-0.05, 0) is 51.5 Å². The second-order valence-electron chi connectivity index (χ2n) is 6.45. The van der Waals surface area contributed by atoms with E-state index in [0.29, 0.717) is 16.8 Å². The minimum absolute atomic E-state index is 0.135. The highest BCUT2D eigenvalue weighted by molar-refractivity contribution is 7.92. The standard InChI is InChI=1S/C15H19NO4S/c1-14(2)10-8-9(6-7-11(10)16-13(14)18)12(17)15(3,4)21(5,19)20/h6-8H,1-5H3,(H,16,18). The number of amides is 1. The summed E-state index contributed by atoms with van der Waals surface area (Å²) < 4.78 is 22.1. The number of carbonyl (C=O) groups excluding carboxylic acids is 2. The van der Waals surface area contributed by atoms with Crippen LogP contribution in [0.25, 0.3) is 0 Å². The van der Waals surface area contributed by atoms with Crippen LogP contribution < -0.4 is 5.32 Å². The molecule has 1 N–H and O–H groups in total. The normalized spacial score (nSPS) is 17.3. The van der Waals surface area contributed by atoms with Gasteiger partial charge in [-0.1, -0.05) is 0 Å². The number of carbonyl (C=O) groups is 2. The number of fused-ring (bicyclic) bond motifs is 1. The summed E-state index contributed by atoms with van der Waals surface area (Å²) in [5, 5.41) is 2.75. The Bertz CT molecular complexity index is 745. The summed E-state index contributed by atoms with van der Waals surface area (Å²) in [6.07, 6.45) is 1.05. The molecule has 1 heterocycles. The Morgan fingerprint density at radius 3 is 2.33 bits per heavy atom. The lowest BCUT2D eigenvalue weighted by Gasteiger charge is -2.22. The zero-order chi connectivity index (χ0) is 16.2. The summed E-state index contributed by atoms with van der Waals surface area (Å²) in [6, 6.07) is 4.81. The molecule has 5 nitrogen and oxygen atoms in total. The van der Waals surface area contributed by atoms with Gasteiger partial charge in [0.1, 0.15) is 4.75 Å². The zero-order valence-corrected chi connectivity index (χ0v) is 13.6. The molecule has 0 atom stereocenters. The van der Waals surface area contributed by atoms with E-state index < -0.39 is 25.8 Å². The number of rotatable bonds is 3. The molecule has 0 spiro atoms. The van der Waals surface area contributed by atoms with Crippen LogP contribution in [0.2, 0.25) is 0 Å². The number of nitrogens with one attached hydrogen (secondary N) is 1. The van der Waals surface area contributed by atoms with Gasteiger partial charge in [-0.25, -0.2) is 8.42 Å². The van der Waals surface area contributed by atoms with Crippen LogP contribution in [0, 0.1) is 0 Å². The van der Waals surface area contributed by atoms with Crippen molar-refractivity contribution in [3.8, 4) is 0 Å². The van der Waals surface area contributed by atoms with Crippen LogP contribution in [0.5, 0.6) is 0 Å². The number of ketones is 1. The largest absolute Gasteiger partial charge is 0.325 e. The molecule has 0 bridgehead atoms. The predicted octanol–water partition coefficient (Wildman–Crippen LogP) is 1.92. The van der Waals surface area contributed by atoms with E-state index >= 15 is 0 Å². The Balaban J connectivity index is 2.53. The van der Waals surface area contributed by atoms with Crippen molar-refractivity contribution in [1.29, 1.82) is 0 Å². The summed E-state index contributed by atoms with van der Waals surface area (Å²) in [6.45, 7) is 6.33. The Morgan fingerprint density at radius 1 is 1.24 bits per heavy atom. The van der Waals surface area contributed by atoms with Crippen molar-refractivity contribution in [2.24, 2.45) is 0 Å². The maximum absolute atomic E-state index is 12.5. The van der Waals surface area contributed by atoms with E-state index in [1.54, 1.807) is 32.0 Å². The Hall–Kier alpha value is -1.69. The second-order valence-corrected chi connectivity index (χ2v) is 9.02. The molecule has 1 amide bonds. The topological polar surface area (TPSA) is 80.3 Å². The lowest BCUT2D eigenvalue weighted by atomic mass is 9.84. The third-order valence-electron chi connectivity index (χ3n) is 4.24. The monoisotopic (exact) mass is 309 g/mol. The lowest BCUT2D eigenvalue weighted by Crippen LogP contribution is -2.40. The Labute approximate surface area is 124 Å². The van der Waals surface area contributed by atoms with Crippen LogP contribution in [0.1, 0.15) is 43.6 Å². The third-order valence-corrected chi connectivity index (χ3v) is 6.28. The van der Waals surface area contributed by atoms with Gasteiger partial charge in [0.05, 0.1) is 5.41 Å². The molecule has 1 aliphatic rings. The lowest BCUT2D eigenvalue weighted by molar-refractivity contribution is -0.119. The molecule has 1 aliphatic heterocycles. The van der Waals surface area contributed by atoms with E-state index in [1.165, 1.54) is 13.8 Å². The first-order valence-corrected chi connectivity index (χ1v) is 8.48. The Kier molecular flexibility index (Phi) is 3.29. The molecule has 0 aromatic heterocycles. The smallest absolute Gasteiger partial charge is 0.234 e. The quantitative estimate of drug-likeness (QED) is 0.865. The van der Waals surface area contributed by atoms with Crippen LogP contribution >= 0.6 is 0 Å². The van der Waals surface area contributed by atoms with E-state index in [2.05, 4.69) is 5.32 Å². The van der Waals surface area contributed by atoms with Crippen molar-refractivity contribution in [2.75, 3.05) is 11.6 Å². The number of anilines is 1. The average molecular weight is 309 g/mol. The zero-order valence-electron chi connectivity index (χ0n) is 12.8. The molecule has 2 rings (SSSR count). The van der Waals surface area contributed by atoms with E-state index in [4.69, 9.17) is 0 Å². The van der Waals surface area contributed by atoms with Crippen LogP contribution in [0.3, 0.4) is 0 Å². The average Bonchev–Trinajstić information content (AvgIpc) is 2.58. The van der Waals surface area contributed by atoms with Crippen molar-refractivity contribution in [3.05, 3.63) is 29.3 Å². The number of hydrogen-bond acceptors (Lipinski definition) is 4. The highest BCUT2D eigenvalue weighted by Crippen LogP contribution is 2.38. The molecular weight excluding hydrogens is 290 g/mol. The first-order valence-electron chi connectivity index (χ1n) is 6.59. The number of sulfone groups is 1. The van der Waals surface area contributed by atoms with E-state index in [-0.39, 0.29) is 5.91 Å². The summed E-state index contributed by atoms with van der Waals surface area (Å²) >= 11 is 0. The van der Waals surface area contributed by atoms with Gasteiger partial charge in [-0.15, -0.1) is 0 Å². The van der Waals surface area contributed by atoms with Crippen LogP contribution in [-0.2, 0) is 20.0 Å². The maximum atomic E-state index is 12.5. The SMILES string of the molecule is CC1(C)C(=O)Nc2ccc(C(=O)C(C)(C)S(C)(=O)=O)cc21. The van der Waals surface area contributed by atoms with E-state index in [0.717, 1.165) is 6.26 Å². The Morgan fingerprint density at radius 2 is 1.81 bits per heavy atom. The highest BCUT2D eigenvalue weighted by atomic mass is 32.2. The van der Waals surface area contributed by atoms with Crippen molar-refractivity contribution in [3.63, 3.8) is 0 Å². The molecule has 21 heavy (non-hydrogen) atoms. The third kappa shape index (κ3) is 2.27. The number of hydrogen-bond donors (Lipinski definition) is 1. The fourth-order valence-electron chi connectivity index (χ4n) is 2.23. The van der Waals surface area contributed by atoms with Crippen molar-refractivity contribution >= 4 is 27.2 Å². The van der Waals surface area contributed by atoms with Gasteiger partial charge in [0, 0.05) is 17.5 Å². The minimum Gasteiger partial charge on any atom is -0.325 e. The summed E-state index contributed by atoms with van der Waals surface area (Å²) in [4.78, 5) is 24.4. The molecular formula is C15H19NO4S. The first-order chi connectivity index (χ1) is 9.39. The van der Waals surface area contributed by atoms with Crippen LogP contribution in [0.15, 0.2) is 18.2 Å². The van der Waals surface area contributed by atoms with Gasteiger partial charge in [-0.2, -0.15) is 0 Å². The minimum atomic E-state index is -3.54. The molecule has 0 unspecified atom stereocenters. The highest BCUT2D eigenvalue weighted by Gasteiger charge is 2.42. The van der Waals surface area contributed by atoms with Gasteiger partial charge >= 0.3 is 0 Å². The van der Waals surface area contributed by atoms with Crippen molar-refractivity contribution in [1.82, 2.24) is 0 Å². The summed E-state index contributed by atoms with van der Waals surface area (Å²) in [7, 11) is -3.54. The van der Waals surface area contributed by atoms with E-state index in [9.17, 15) is 18.0 Å².